The molecular formula is C46H47F2N11O5S. The van der Waals surface area contributed by atoms with Crippen molar-refractivity contribution in [3.63, 3.8) is 0 Å². The summed E-state index contributed by atoms with van der Waals surface area (Å²) in [5.41, 5.74) is 3.97. The lowest BCUT2D eigenvalue weighted by Crippen LogP contribution is -2.52. The summed E-state index contributed by atoms with van der Waals surface area (Å²) in [4.78, 5) is 65.5. The van der Waals surface area contributed by atoms with E-state index in [9.17, 15) is 24.3 Å². The highest BCUT2D eigenvalue weighted by atomic mass is 32.1. The molecule has 7 heterocycles. The predicted octanol–water partition coefficient (Wildman–Crippen LogP) is 5.10. The Labute approximate surface area is 376 Å². The predicted molar refractivity (Wildman–Crippen MR) is 241 cm³/mol. The lowest BCUT2D eigenvalue weighted by Gasteiger charge is -2.41. The van der Waals surface area contributed by atoms with E-state index in [1.165, 1.54) is 28.2 Å². The van der Waals surface area contributed by atoms with Crippen LogP contribution in [-0.4, -0.2) is 109 Å². The first-order chi connectivity index (χ1) is 31.5. The summed E-state index contributed by atoms with van der Waals surface area (Å²) in [6, 6.07) is 14.2. The molecule has 4 N–H and O–H groups in total. The fourth-order valence-electron chi connectivity index (χ4n) is 9.46. The summed E-state index contributed by atoms with van der Waals surface area (Å²) in [6.07, 6.45) is 7.79. The molecule has 6 aromatic rings. The number of rotatable bonds is 11. The maximum atomic E-state index is 15.8. The SMILES string of the molecule is O=C1CCC(Nc2ccc(N3CCC(O)(CC(=O)N4CCN(c5ccc(-c6cc(F)c7cn(C(C(=O)Nc8nccs8)c8ncn9c8CCC9)nc7c6)cc5)CC4)CC3)c(F)c2)C(=O)N1. The number of carbonyl (C=O) groups excluding carboxylic acids is 4. The molecule has 3 fully saturated rings. The van der Waals surface area contributed by atoms with Gasteiger partial charge in [-0.25, -0.2) is 18.7 Å². The minimum Gasteiger partial charge on any atom is -0.389 e. The summed E-state index contributed by atoms with van der Waals surface area (Å²) < 4.78 is 34.7. The van der Waals surface area contributed by atoms with Gasteiger partial charge in [0.2, 0.25) is 17.7 Å². The molecular weight excluding hydrogens is 857 g/mol. The monoisotopic (exact) mass is 903 g/mol. The van der Waals surface area contributed by atoms with Crippen LogP contribution in [0.15, 0.2) is 78.7 Å². The number of nitrogens with one attached hydrogen (secondary N) is 3. The lowest BCUT2D eigenvalue weighted by molar-refractivity contribution is -0.138. The van der Waals surface area contributed by atoms with E-state index in [0.717, 1.165) is 36.3 Å². The first-order valence-corrected chi connectivity index (χ1v) is 22.8. The van der Waals surface area contributed by atoms with Gasteiger partial charge in [-0.1, -0.05) is 12.1 Å². The normalized spacial score (nSPS) is 19.0. The van der Waals surface area contributed by atoms with Gasteiger partial charge >= 0.3 is 0 Å². The Morgan fingerprint density at radius 2 is 1.71 bits per heavy atom. The first-order valence-electron chi connectivity index (χ1n) is 21.9. The van der Waals surface area contributed by atoms with Crippen LogP contribution in [0.3, 0.4) is 0 Å². The average Bonchev–Trinajstić information content (AvgIpc) is 4.13. The molecule has 0 spiro atoms. The van der Waals surface area contributed by atoms with Crippen molar-refractivity contribution < 1.29 is 33.1 Å². The highest BCUT2D eigenvalue weighted by Gasteiger charge is 2.38. The second kappa shape index (κ2) is 17.3. The van der Waals surface area contributed by atoms with Crippen molar-refractivity contribution in [3.05, 3.63) is 102 Å². The van der Waals surface area contributed by atoms with Gasteiger partial charge < -0.3 is 29.7 Å². The minimum absolute atomic E-state index is 0.0160. The number of piperazine rings is 1. The van der Waals surface area contributed by atoms with E-state index < -0.39 is 35.2 Å². The quantitative estimate of drug-likeness (QED) is 0.127. The zero-order valence-electron chi connectivity index (χ0n) is 35.4. The van der Waals surface area contributed by atoms with Crippen molar-refractivity contribution in [2.24, 2.45) is 0 Å². The maximum absolute atomic E-state index is 15.8. The van der Waals surface area contributed by atoms with Crippen LogP contribution in [0, 0.1) is 11.6 Å². The van der Waals surface area contributed by atoms with Gasteiger partial charge in [-0.05, 0) is 85.7 Å². The number of piperidine rings is 2. The molecule has 16 nitrogen and oxygen atoms in total. The second-order valence-corrected chi connectivity index (χ2v) is 18.1. The Kier molecular flexibility index (Phi) is 11.3. The number of hydrogen-bond acceptors (Lipinski definition) is 12. The second-order valence-electron chi connectivity index (χ2n) is 17.2. The molecule has 65 heavy (non-hydrogen) atoms. The van der Waals surface area contributed by atoms with Gasteiger partial charge in [-0.2, -0.15) is 5.10 Å². The molecule has 4 aliphatic rings. The summed E-state index contributed by atoms with van der Waals surface area (Å²) in [6.45, 7) is 3.74. The van der Waals surface area contributed by atoms with Crippen LogP contribution in [0.25, 0.3) is 22.0 Å². The number of carbonyl (C=O) groups is 4. The third-order valence-electron chi connectivity index (χ3n) is 13.1. The number of fused-ring (bicyclic) bond motifs is 2. The molecule has 0 bridgehead atoms. The molecule has 19 heteroatoms. The summed E-state index contributed by atoms with van der Waals surface area (Å²) in [7, 11) is 0. The molecule has 2 atom stereocenters. The van der Waals surface area contributed by atoms with Crippen molar-refractivity contribution >= 4 is 68.1 Å². The number of thiazole rings is 1. The lowest BCUT2D eigenvalue weighted by atomic mass is 9.87. The highest BCUT2D eigenvalue weighted by Crippen LogP contribution is 2.35. The van der Waals surface area contributed by atoms with Crippen molar-refractivity contribution in [3.8, 4) is 11.1 Å². The van der Waals surface area contributed by atoms with Gasteiger partial charge in [-0.3, -0.25) is 34.5 Å². The first kappa shape index (κ1) is 42.2. The number of imidazole rings is 1. The number of aromatic nitrogens is 5. The number of aryl methyl sites for hydroxylation is 1. The van der Waals surface area contributed by atoms with E-state index in [0.29, 0.717) is 97.2 Å². The highest BCUT2D eigenvalue weighted by molar-refractivity contribution is 7.13. The third kappa shape index (κ3) is 8.64. The maximum Gasteiger partial charge on any atom is 0.257 e. The van der Waals surface area contributed by atoms with Crippen molar-refractivity contribution in [1.29, 1.82) is 0 Å². The van der Waals surface area contributed by atoms with E-state index in [2.05, 4.69) is 30.8 Å². The largest absolute Gasteiger partial charge is 0.389 e. The molecule has 3 aromatic carbocycles. The Morgan fingerprint density at radius 1 is 0.908 bits per heavy atom. The Morgan fingerprint density at radius 3 is 2.45 bits per heavy atom. The van der Waals surface area contributed by atoms with Crippen LogP contribution in [0.5, 0.6) is 0 Å². The Hall–Kier alpha value is -6.73. The zero-order chi connectivity index (χ0) is 44.8. The van der Waals surface area contributed by atoms with E-state index in [1.54, 1.807) is 41.1 Å². The fraction of sp³-hybridized carbons (Fsp3) is 0.370. The van der Waals surface area contributed by atoms with E-state index in [4.69, 9.17) is 5.10 Å². The van der Waals surface area contributed by atoms with Crippen LogP contribution >= 0.6 is 11.3 Å². The molecule has 0 saturated carbocycles. The molecule has 3 saturated heterocycles. The number of imide groups is 1. The molecule has 4 amide bonds. The minimum atomic E-state index is -1.21. The van der Waals surface area contributed by atoms with Crippen molar-refractivity contribution in [2.75, 3.05) is 59.7 Å². The zero-order valence-corrected chi connectivity index (χ0v) is 36.2. The topological polar surface area (TPSA) is 183 Å². The molecule has 10 rings (SSSR count). The van der Waals surface area contributed by atoms with Crippen LogP contribution in [0.1, 0.15) is 56.0 Å². The summed E-state index contributed by atoms with van der Waals surface area (Å²) >= 11 is 1.31. The number of benzene rings is 3. The fourth-order valence-corrected chi connectivity index (χ4v) is 9.99. The van der Waals surface area contributed by atoms with Crippen LogP contribution in [0.2, 0.25) is 0 Å². The van der Waals surface area contributed by atoms with E-state index in [1.807, 2.05) is 39.8 Å². The summed E-state index contributed by atoms with van der Waals surface area (Å²) in [5, 5.41) is 26.9. The molecule has 0 aliphatic carbocycles. The average molecular weight is 904 g/mol. The van der Waals surface area contributed by atoms with Gasteiger partial charge in [0, 0.05) is 87.1 Å². The van der Waals surface area contributed by atoms with Crippen LogP contribution < -0.4 is 25.8 Å². The molecule has 2 unspecified atom stereocenters. The molecule has 3 aromatic heterocycles. The molecule has 0 radical (unpaired) electrons. The Bertz CT molecular complexity index is 2780. The van der Waals surface area contributed by atoms with Gasteiger partial charge in [0.15, 0.2) is 11.2 Å². The number of nitrogens with zero attached hydrogens (tertiary/aromatic N) is 8. The van der Waals surface area contributed by atoms with E-state index >= 15 is 8.78 Å². The van der Waals surface area contributed by atoms with Gasteiger partial charge in [-0.15, -0.1) is 11.3 Å². The van der Waals surface area contributed by atoms with Gasteiger partial charge in [0.25, 0.3) is 5.91 Å². The van der Waals surface area contributed by atoms with Crippen molar-refractivity contribution in [2.45, 2.75) is 69.2 Å². The number of halogens is 2. The van der Waals surface area contributed by atoms with Crippen LogP contribution in [0.4, 0.5) is 31.0 Å². The summed E-state index contributed by atoms with van der Waals surface area (Å²) in [5.74, 6) is -2.16. The van der Waals surface area contributed by atoms with Gasteiger partial charge in [0.1, 0.15) is 17.7 Å². The number of aliphatic hydroxyl groups is 1. The third-order valence-corrected chi connectivity index (χ3v) is 13.7. The molecule has 336 valence electrons. The smallest absolute Gasteiger partial charge is 0.257 e. The molecule has 4 aliphatic heterocycles. The van der Waals surface area contributed by atoms with Crippen molar-refractivity contribution in [1.82, 2.24) is 34.5 Å². The van der Waals surface area contributed by atoms with Gasteiger partial charge in [0.05, 0.1) is 40.6 Å². The number of hydrogen-bond donors (Lipinski definition) is 4. The number of amides is 4. The van der Waals surface area contributed by atoms with E-state index in [-0.39, 0.29) is 30.6 Å². The number of anilines is 4. The Balaban J connectivity index is 0.742. The standard InChI is InChI=1S/C46H47F2N11O5S/c47-33-22-29(23-36-32(33)26-59(54-36)42(44(63)53-45-49-13-21-65-45)41-38-2-1-14-58(38)27-50-41)28-3-6-31(7-4-28)55-17-19-57(20-18-55)40(61)25-46(64)11-15-56(16-12-46)37-9-5-30(24-34(37)48)51-35-8-10-39(60)52-43(35)62/h3-7,9,13,21-24,26-27,35,42,51,64H,1-2,8,10-12,14-20,25H2,(H,49,53,63)(H,52,60,62). The van der Waals surface area contributed by atoms with Crippen LogP contribution in [-0.2, 0) is 32.1 Å².